The van der Waals surface area contributed by atoms with E-state index < -0.39 is 13.0 Å². The van der Waals surface area contributed by atoms with Gasteiger partial charge < -0.3 is 4.74 Å². The molecule has 1 saturated carbocycles. The smallest absolute Gasteiger partial charge is 0.261 e. The molecule has 0 aromatic rings. The van der Waals surface area contributed by atoms with Crippen LogP contribution >= 0.6 is 0 Å². The molecule has 1 aliphatic carbocycles. The molecule has 3 nitrogen and oxygen atoms in total. The van der Waals surface area contributed by atoms with Crippen molar-refractivity contribution in [3.63, 3.8) is 0 Å². The molecule has 1 fully saturated rings. The molecule has 0 aromatic heterocycles. The van der Waals surface area contributed by atoms with Crippen molar-refractivity contribution >= 4 is 0 Å². The highest BCUT2D eigenvalue weighted by Crippen LogP contribution is 2.19. The Labute approximate surface area is 82.0 Å². The van der Waals surface area contributed by atoms with Gasteiger partial charge >= 0.3 is 0 Å². The number of halogens is 2. The highest BCUT2D eigenvalue weighted by molar-refractivity contribution is 4.95. The van der Waals surface area contributed by atoms with E-state index in [1.807, 2.05) is 0 Å². The Hall–Kier alpha value is -0.730. The first-order chi connectivity index (χ1) is 6.72. The maximum atomic E-state index is 11.7. The van der Waals surface area contributed by atoms with Crippen LogP contribution in [0.15, 0.2) is 0 Å². The molecule has 0 radical (unpaired) electrons. The average Bonchev–Trinajstić information content (AvgIpc) is 2.93. The summed E-state index contributed by atoms with van der Waals surface area (Å²) in [6.45, 7) is -0.330. The van der Waals surface area contributed by atoms with Gasteiger partial charge in [0.15, 0.2) is 0 Å². The lowest BCUT2D eigenvalue weighted by molar-refractivity contribution is 0.0155. The number of ether oxygens (including phenoxy) is 1. The van der Waals surface area contributed by atoms with E-state index in [-0.39, 0.29) is 12.6 Å². The third-order valence-electron chi connectivity index (χ3n) is 1.96. The number of hydrogen-bond donors (Lipinski definition) is 1. The molecule has 0 aromatic carbocycles. The van der Waals surface area contributed by atoms with Gasteiger partial charge in [-0.3, -0.25) is 5.32 Å². The zero-order valence-electron chi connectivity index (χ0n) is 7.88. The van der Waals surface area contributed by atoms with E-state index in [1.54, 1.807) is 0 Å². The minimum absolute atomic E-state index is 0.211. The Morgan fingerprint density at radius 2 is 2.21 bits per heavy atom. The molecule has 1 rings (SSSR count). The Morgan fingerprint density at radius 3 is 2.71 bits per heavy atom. The highest BCUT2D eigenvalue weighted by Gasteiger charge is 2.24. The van der Waals surface area contributed by atoms with Crippen LogP contribution in [0.2, 0.25) is 0 Å². The molecular formula is C9H14F2N2O. The van der Waals surface area contributed by atoms with Gasteiger partial charge in [0.25, 0.3) is 6.43 Å². The first-order valence-corrected chi connectivity index (χ1v) is 4.74. The van der Waals surface area contributed by atoms with Crippen LogP contribution in [-0.4, -0.2) is 31.7 Å². The molecular weight excluding hydrogens is 190 g/mol. The summed E-state index contributed by atoms with van der Waals surface area (Å²) in [5.41, 5.74) is 0. The van der Waals surface area contributed by atoms with Crippen LogP contribution in [0, 0.1) is 11.3 Å². The summed E-state index contributed by atoms with van der Waals surface area (Å²) in [4.78, 5) is 0. The van der Waals surface area contributed by atoms with E-state index in [1.165, 1.54) is 0 Å². The summed E-state index contributed by atoms with van der Waals surface area (Å²) in [7, 11) is 0. The number of nitriles is 1. The molecule has 0 spiro atoms. The molecule has 80 valence electrons. The number of alkyl halides is 2. The topological polar surface area (TPSA) is 45.0 Å². The minimum Gasteiger partial charge on any atom is -0.375 e. The predicted molar refractivity (Wildman–Crippen MR) is 47.0 cm³/mol. The number of nitrogens with zero attached hydrogens (tertiary/aromatic N) is 1. The first-order valence-electron chi connectivity index (χ1n) is 4.74. The fourth-order valence-electron chi connectivity index (χ4n) is 1.09. The third-order valence-corrected chi connectivity index (χ3v) is 1.96. The molecule has 0 saturated heterocycles. The van der Waals surface area contributed by atoms with E-state index in [0.717, 1.165) is 12.8 Å². The van der Waals surface area contributed by atoms with E-state index in [9.17, 15) is 8.78 Å². The zero-order valence-corrected chi connectivity index (χ0v) is 7.88. The lowest BCUT2D eigenvalue weighted by atomic mass is 10.2. The van der Waals surface area contributed by atoms with Crippen molar-refractivity contribution in [2.75, 3.05) is 13.2 Å². The van der Waals surface area contributed by atoms with E-state index in [4.69, 9.17) is 5.26 Å². The molecule has 5 heteroatoms. The molecule has 0 heterocycles. The monoisotopic (exact) mass is 204 g/mol. The van der Waals surface area contributed by atoms with Gasteiger partial charge in [0, 0.05) is 12.6 Å². The molecule has 1 N–H and O–H groups in total. The van der Waals surface area contributed by atoms with Crippen molar-refractivity contribution in [3.8, 4) is 6.07 Å². The molecule has 1 aliphatic rings. The standard InChI is InChI=1S/C9H14F2N2O/c10-9(11)6-14-4-3-8(5-12)13-7-1-2-7/h7-9,13H,1-4,6H2. The molecule has 0 amide bonds. The van der Waals surface area contributed by atoms with Crippen LogP contribution in [0.1, 0.15) is 19.3 Å². The van der Waals surface area contributed by atoms with E-state index in [2.05, 4.69) is 16.1 Å². The number of nitrogens with one attached hydrogen (secondary N) is 1. The number of rotatable bonds is 7. The molecule has 0 aliphatic heterocycles. The van der Waals surface area contributed by atoms with Crippen LogP contribution < -0.4 is 5.32 Å². The average molecular weight is 204 g/mol. The van der Waals surface area contributed by atoms with Crippen molar-refractivity contribution in [1.82, 2.24) is 5.32 Å². The van der Waals surface area contributed by atoms with Crippen molar-refractivity contribution in [2.45, 2.75) is 37.8 Å². The van der Waals surface area contributed by atoms with Crippen LogP contribution in [0.4, 0.5) is 8.78 Å². The van der Waals surface area contributed by atoms with Gasteiger partial charge in [0.2, 0.25) is 0 Å². The van der Waals surface area contributed by atoms with Gasteiger partial charge in [0.1, 0.15) is 6.61 Å². The van der Waals surface area contributed by atoms with Crippen LogP contribution in [0.5, 0.6) is 0 Å². The van der Waals surface area contributed by atoms with E-state index >= 15 is 0 Å². The van der Waals surface area contributed by atoms with Gasteiger partial charge in [-0.05, 0) is 19.3 Å². The normalized spacial score (nSPS) is 18.1. The third kappa shape index (κ3) is 5.10. The maximum absolute atomic E-state index is 11.7. The first kappa shape index (κ1) is 11.3. The van der Waals surface area contributed by atoms with Gasteiger partial charge in [-0.15, -0.1) is 0 Å². The summed E-state index contributed by atoms with van der Waals surface area (Å²) >= 11 is 0. The summed E-state index contributed by atoms with van der Waals surface area (Å²) in [6, 6.07) is 2.27. The SMILES string of the molecule is N#CC(CCOCC(F)F)NC1CC1. The van der Waals surface area contributed by atoms with Gasteiger partial charge in [-0.25, -0.2) is 8.78 Å². The minimum atomic E-state index is -2.42. The van der Waals surface area contributed by atoms with Crippen LogP contribution in [-0.2, 0) is 4.74 Å². The lowest BCUT2D eigenvalue weighted by Crippen LogP contribution is -2.30. The van der Waals surface area contributed by atoms with Crippen molar-refractivity contribution < 1.29 is 13.5 Å². The largest absolute Gasteiger partial charge is 0.375 e. The van der Waals surface area contributed by atoms with Crippen molar-refractivity contribution in [1.29, 1.82) is 5.26 Å². The Bertz CT molecular complexity index is 201. The van der Waals surface area contributed by atoms with Crippen molar-refractivity contribution in [3.05, 3.63) is 0 Å². The molecule has 1 unspecified atom stereocenters. The van der Waals surface area contributed by atoms with Crippen LogP contribution in [0.3, 0.4) is 0 Å². The molecule has 14 heavy (non-hydrogen) atoms. The fourth-order valence-corrected chi connectivity index (χ4v) is 1.09. The highest BCUT2D eigenvalue weighted by atomic mass is 19.3. The number of hydrogen-bond acceptors (Lipinski definition) is 3. The van der Waals surface area contributed by atoms with Crippen LogP contribution in [0.25, 0.3) is 0 Å². The quantitative estimate of drug-likeness (QED) is 0.636. The molecule has 0 bridgehead atoms. The Kier molecular flexibility index (Phi) is 4.77. The Morgan fingerprint density at radius 1 is 1.50 bits per heavy atom. The zero-order chi connectivity index (χ0) is 10.4. The molecule has 1 atom stereocenters. The summed E-state index contributed by atoms with van der Waals surface area (Å²) < 4.78 is 28.0. The lowest BCUT2D eigenvalue weighted by Gasteiger charge is -2.10. The Balaban J connectivity index is 1.99. The van der Waals surface area contributed by atoms with Gasteiger partial charge in [0.05, 0.1) is 12.1 Å². The second-order valence-corrected chi connectivity index (χ2v) is 3.38. The van der Waals surface area contributed by atoms with Crippen molar-refractivity contribution in [2.24, 2.45) is 0 Å². The fraction of sp³-hybridized carbons (Fsp3) is 0.889. The maximum Gasteiger partial charge on any atom is 0.261 e. The predicted octanol–water partition coefficient (Wildman–Crippen LogP) is 1.30. The van der Waals surface area contributed by atoms with Gasteiger partial charge in [-0.1, -0.05) is 0 Å². The second kappa shape index (κ2) is 5.89. The summed E-state index contributed by atoms with van der Waals surface area (Å²) in [5, 5.41) is 11.8. The van der Waals surface area contributed by atoms with Gasteiger partial charge in [-0.2, -0.15) is 5.26 Å². The summed E-state index contributed by atoms with van der Waals surface area (Å²) in [5.74, 6) is 0. The summed E-state index contributed by atoms with van der Waals surface area (Å²) in [6.07, 6.45) is 0.262. The van der Waals surface area contributed by atoms with E-state index in [0.29, 0.717) is 12.5 Å². The second-order valence-electron chi connectivity index (χ2n) is 3.38.